The summed E-state index contributed by atoms with van der Waals surface area (Å²) in [4.78, 5) is 0. The molecule has 3 rings (SSSR count). The van der Waals surface area contributed by atoms with Gasteiger partial charge in [0.15, 0.2) is 0 Å². The fraction of sp³-hybridized carbons (Fsp3) is 0.368. The Bertz CT molecular complexity index is 633. The summed E-state index contributed by atoms with van der Waals surface area (Å²) >= 11 is 0. The first kappa shape index (κ1) is 16.2. The molecule has 2 unspecified atom stereocenters. The van der Waals surface area contributed by atoms with Crippen molar-refractivity contribution in [2.75, 3.05) is 0 Å². The molecule has 2 aromatic rings. The molecule has 1 aliphatic rings. The molecule has 1 saturated carbocycles. The van der Waals surface area contributed by atoms with Gasteiger partial charge in [0.1, 0.15) is 7.85 Å². The quantitative estimate of drug-likeness (QED) is 0.583. The van der Waals surface area contributed by atoms with Crippen LogP contribution < -0.4 is 10.6 Å². The molecule has 2 aromatic carbocycles. The molecule has 0 aliphatic heterocycles. The number of rotatable bonds is 2. The SMILES string of the molecule is BC1CCC(c2ccc(-c3cc(P)c(C)c(P)c3)cc2)CC1. The van der Waals surface area contributed by atoms with E-state index >= 15 is 0 Å². The molecule has 0 radical (unpaired) electrons. The van der Waals surface area contributed by atoms with Crippen LogP contribution in [0.2, 0.25) is 5.82 Å². The van der Waals surface area contributed by atoms with Crippen LogP contribution in [-0.4, -0.2) is 7.85 Å². The molecule has 0 aromatic heterocycles. The van der Waals surface area contributed by atoms with Gasteiger partial charge in [-0.05, 0) is 70.7 Å². The molecular weight excluding hydrogens is 301 g/mol. The Morgan fingerprint density at radius 3 is 1.95 bits per heavy atom. The van der Waals surface area contributed by atoms with Gasteiger partial charge < -0.3 is 0 Å². The van der Waals surface area contributed by atoms with Crippen molar-refractivity contribution in [1.82, 2.24) is 0 Å². The average Bonchev–Trinajstić information content (AvgIpc) is 2.53. The lowest BCUT2D eigenvalue weighted by molar-refractivity contribution is 0.444. The first-order valence-corrected chi connectivity index (χ1v) is 9.46. The van der Waals surface area contributed by atoms with E-state index in [1.165, 1.54) is 58.5 Å². The Balaban J connectivity index is 1.82. The van der Waals surface area contributed by atoms with E-state index in [1.54, 1.807) is 0 Å². The highest BCUT2D eigenvalue weighted by Crippen LogP contribution is 2.37. The van der Waals surface area contributed by atoms with E-state index in [0.717, 1.165) is 11.7 Å². The van der Waals surface area contributed by atoms with E-state index in [9.17, 15) is 0 Å². The smallest absolute Gasteiger partial charge is 0.105 e. The predicted molar refractivity (Wildman–Crippen MR) is 109 cm³/mol. The molecule has 1 fully saturated rings. The monoisotopic (exact) mass is 326 g/mol. The van der Waals surface area contributed by atoms with E-state index < -0.39 is 0 Å². The van der Waals surface area contributed by atoms with E-state index in [0.29, 0.717) is 0 Å². The minimum absolute atomic E-state index is 0.776. The Morgan fingerprint density at radius 2 is 1.41 bits per heavy atom. The molecule has 3 heteroatoms. The minimum Gasteiger partial charge on any atom is -0.105 e. The Kier molecular flexibility index (Phi) is 5.06. The van der Waals surface area contributed by atoms with Crippen LogP contribution in [0.25, 0.3) is 11.1 Å². The second kappa shape index (κ2) is 6.86. The average molecular weight is 326 g/mol. The van der Waals surface area contributed by atoms with Crippen LogP contribution in [0.1, 0.15) is 42.7 Å². The third kappa shape index (κ3) is 3.47. The molecule has 0 amide bonds. The number of hydrogen-bond donors (Lipinski definition) is 0. The first-order valence-electron chi connectivity index (χ1n) is 8.30. The van der Waals surface area contributed by atoms with Crippen molar-refractivity contribution in [3.63, 3.8) is 0 Å². The van der Waals surface area contributed by atoms with Gasteiger partial charge in [0.2, 0.25) is 0 Å². The molecule has 0 bridgehead atoms. The van der Waals surface area contributed by atoms with Crippen molar-refractivity contribution >= 4 is 36.9 Å². The van der Waals surface area contributed by atoms with Gasteiger partial charge >= 0.3 is 0 Å². The zero-order valence-corrected chi connectivity index (χ0v) is 15.9. The summed E-state index contributed by atoms with van der Waals surface area (Å²) in [6, 6.07) is 13.8. The largest absolute Gasteiger partial charge is 0.105 e. The van der Waals surface area contributed by atoms with Crippen LogP contribution in [-0.2, 0) is 0 Å². The molecule has 0 spiro atoms. The highest BCUT2D eigenvalue weighted by atomic mass is 31.0. The molecule has 0 nitrogen and oxygen atoms in total. The van der Waals surface area contributed by atoms with E-state index in [4.69, 9.17) is 0 Å². The summed E-state index contributed by atoms with van der Waals surface area (Å²) in [5, 5.41) is 2.57. The van der Waals surface area contributed by atoms with E-state index in [2.05, 4.69) is 69.6 Å². The maximum absolute atomic E-state index is 2.85. The summed E-state index contributed by atoms with van der Waals surface area (Å²) in [6.07, 6.45) is 5.49. The topological polar surface area (TPSA) is 0 Å². The highest BCUT2D eigenvalue weighted by molar-refractivity contribution is 7.29. The normalized spacial score (nSPS) is 21.8. The van der Waals surface area contributed by atoms with Gasteiger partial charge in [-0.1, -0.05) is 42.9 Å². The molecule has 0 heterocycles. The van der Waals surface area contributed by atoms with Crippen LogP contribution in [0.15, 0.2) is 36.4 Å². The van der Waals surface area contributed by atoms with Crippen LogP contribution in [0.3, 0.4) is 0 Å². The van der Waals surface area contributed by atoms with Crippen molar-refractivity contribution in [3.05, 3.63) is 47.5 Å². The lowest BCUT2D eigenvalue weighted by Gasteiger charge is -2.26. The highest BCUT2D eigenvalue weighted by Gasteiger charge is 2.19. The van der Waals surface area contributed by atoms with Crippen LogP contribution in [0.5, 0.6) is 0 Å². The Morgan fingerprint density at radius 1 is 0.864 bits per heavy atom. The summed E-state index contributed by atoms with van der Waals surface area (Å²) in [5.74, 6) is 1.70. The second-order valence-corrected chi connectivity index (χ2v) is 8.10. The summed E-state index contributed by atoms with van der Waals surface area (Å²) < 4.78 is 0. The van der Waals surface area contributed by atoms with Crippen LogP contribution in [0, 0.1) is 6.92 Å². The third-order valence-electron chi connectivity index (χ3n) is 5.22. The summed E-state index contributed by atoms with van der Waals surface area (Å²) in [5.41, 5.74) is 5.50. The molecule has 1 aliphatic carbocycles. The van der Waals surface area contributed by atoms with Crippen molar-refractivity contribution < 1.29 is 0 Å². The lowest BCUT2D eigenvalue weighted by Crippen LogP contribution is -2.10. The molecule has 0 N–H and O–H groups in total. The molecule has 22 heavy (non-hydrogen) atoms. The Labute approximate surface area is 140 Å². The van der Waals surface area contributed by atoms with Gasteiger partial charge in [0, 0.05) is 0 Å². The second-order valence-electron chi connectivity index (χ2n) is 6.86. The third-order valence-corrected chi connectivity index (χ3v) is 6.42. The minimum atomic E-state index is 0.776. The standard InChI is InChI=1S/C19H25BP2/c1-12-18(21)10-16(11-19(12)22)15-4-2-13(3-5-15)14-6-8-17(20)9-7-14/h2-5,10-11,14,17H,6-9,20-22H2,1H3. The fourth-order valence-corrected chi connectivity index (χ4v) is 4.33. The van der Waals surface area contributed by atoms with Gasteiger partial charge in [-0.2, -0.15) is 0 Å². The van der Waals surface area contributed by atoms with Crippen molar-refractivity contribution in [1.29, 1.82) is 0 Å². The van der Waals surface area contributed by atoms with Gasteiger partial charge in [-0.15, -0.1) is 18.5 Å². The zero-order valence-electron chi connectivity index (χ0n) is 13.6. The van der Waals surface area contributed by atoms with Gasteiger partial charge in [0.25, 0.3) is 0 Å². The molecule has 0 saturated heterocycles. The Hall–Kier alpha value is -0.635. The lowest BCUT2D eigenvalue weighted by atomic mass is 9.70. The van der Waals surface area contributed by atoms with E-state index in [1.807, 2.05) is 0 Å². The zero-order chi connectivity index (χ0) is 15.7. The summed E-state index contributed by atoms with van der Waals surface area (Å²) in [7, 11) is 8.09. The number of hydrogen-bond acceptors (Lipinski definition) is 0. The van der Waals surface area contributed by atoms with Gasteiger partial charge in [0.05, 0.1) is 0 Å². The maximum atomic E-state index is 2.85. The molecule has 2 atom stereocenters. The van der Waals surface area contributed by atoms with Crippen molar-refractivity contribution in [3.8, 4) is 11.1 Å². The molecular formula is C19H25BP2. The van der Waals surface area contributed by atoms with E-state index in [-0.39, 0.29) is 0 Å². The fourth-order valence-electron chi connectivity index (χ4n) is 3.47. The first-order chi connectivity index (χ1) is 10.5. The predicted octanol–water partition coefficient (Wildman–Crippen LogP) is 3.74. The molecule has 114 valence electrons. The van der Waals surface area contributed by atoms with Crippen molar-refractivity contribution in [2.45, 2.75) is 44.3 Å². The van der Waals surface area contributed by atoms with Crippen LogP contribution in [0.4, 0.5) is 0 Å². The number of benzene rings is 2. The van der Waals surface area contributed by atoms with Crippen LogP contribution >= 0.6 is 18.5 Å². The maximum Gasteiger partial charge on any atom is 0.105 e. The van der Waals surface area contributed by atoms with Crippen molar-refractivity contribution in [2.24, 2.45) is 0 Å². The van der Waals surface area contributed by atoms with Gasteiger partial charge in [-0.25, -0.2) is 0 Å². The summed E-state index contributed by atoms with van der Waals surface area (Å²) in [6.45, 7) is 2.17. The van der Waals surface area contributed by atoms with Gasteiger partial charge in [-0.3, -0.25) is 0 Å².